The van der Waals surface area contributed by atoms with E-state index in [2.05, 4.69) is 0 Å². The molecule has 1 saturated heterocycles. The van der Waals surface area contributed by atoms with E-state index in [0.29, 0.717) is 26.2 Å². The Balaban J connectivity index is 1.91. The van der Waals surface area contributed by atoms with Gasteiger partial charge in [0.2, 0.25) is 5.91 Å². The van der Waals surface area contributed by atoms with Gasteiger partial charge in [0.25, 0.3) is 0 Å². The van der Waals surface area contributed by atoms with Crippen LogP contribution in [-0.2, 0) is 14.3 Å². The number of ether oxygens (including phenoxy) is 1. The number of carbonyl (C=O) groups excluding carboxylic acids is 1. The van der Waals surface area contributed by atoms with Gasteiger partial charge in [0, 0.05) is 24.5 Å². The molecule has 25 heavy (non-hydrogen) atoms. The first kappa shape index (κ1) is 19.8. The van der Waals surface area contributed by atoms with Gasteiger partial charge in [0.05, 0.1) is 24.5 Å². The molecule has 1 aromatic carbocycles. The van der Waals surface area contributed by atoms with Crippen LogP contribution in [0.15, 0.2) is 35.2 Å². The predicted molar refractivity (Wildman–Crippen MR) is 97.8 cm³/mol. The number of benzene rings is 1. The molecule has 1 aliphatic heterocycles. The first-order valence-corrected chi connectivity index (χ1v) is 9.40. The number of aliphatic carboxylic acids is 1. The van der Waals surface area contributed by atoms with Crippen LogP contribution in [0.2, 0.25) is 0 Å². The summed E-state index contributed by atoms with van der Waals surface area (Å²) in [5, 5.41) is 8.74. The number of carbonyl (C=O) groups is 2. The molecule has 2 rings (SSSR count). The number of hydrogen-bond acceptors (Lipinski definition) is 5. The smallest absolute Gasteiger partial charge is 0.317 e. The maximum absolute atomic E-state index is 12.9. The lowest BCUT2D eigenvalue weighted by atomic mass is 10.2. The number of rotatable bonds is 8. The molecule has 138 valence electrons. The Hall–Kier alpha value is -1.57. The Bertz CT molecular complexity index is 569. The van der Waals surface area contributed by atoms with Crippen LogP contribution in [0, 0.1) is 0 Å². The van der Waals surface area contributed by atoms with E-state index < -0.39 is 5.97 Å². The van der Waals surface area contributed by atoms with Crippen LogP contribution in [0.4, 0.5) is 0 Å². The third-order valence-corrected chi connectivity index (χ3v) is 5.40. The van der Waals surface area contributed by atoms with E-state index in [-0.39, 0.29) is 23.8 Å². The third kappa shape index (κ3) is 6.34. The summed E-state index contributed by atoms with van der Waals surface area (Å²) in [6, 6.07) is 9.95. The van der Waals surface area contributed by atoms with Crippen molar-refractivity contribution in [3.05, 3.63) is 30.3 Å². The molecule has 0 radical (unpaired) electrons. The minimum absolute atomic E-state index is 0.0325. The summed E-state index contributed by atoms with van der Waals surface area (Å²) < 4.78 is 5.71. The van der Waals surface area contributed by atoms with Crippen LogP contribution in [0.5, 0.6) is 0 Å². The second kappa shape index (κ2) is 9.79. The lowest BCUT2D eigenvalue weighted by molar-refractivity contribution is -0.142. The standard InChI is InChI=1S/C18H26N2O4S/c1-3-16(25-15-7-5-4-6-8-15)18(23)20-9-10-24-14(12-20)11-19(2)13-17(21)22/h4-8,14,16H,3,9-13H2,1-2H3,(H,21,22). The SMILES string of the molecule is CCC(Sc1ccccc1)C(=O)N1CCOC(CN(C)CC(=O)O)C1. The lowest BCUT2D eigenvalue weighted by Crippen LogP contribution is -2.51. The van der Waals surface area contributed by atoms with Gasteiger partial charge in [-0.15, -0.1) is 11.8 Å². The Morgan fingerprint density at radius 3 is 2.76 bits per heavy atom. The maximum atomic E-state index is 12.9. The van der Waals surface area contributed by atoms with Gasteiger partial charge in [0.15, 0.2) is 0 Å². The van der Waals surface area contributed by atoms with Crippen LogP contribution in [0.25, 0.3) is 0 Å². The fourth-order valence-electron chi connectivity index (χ4n) is 2.85. The second-order valence-corrected chi connectivity index (χ2v) is 7.47. The highest BCUT2D eigenvalue weighted by Gasteiger charge is 2.29. The highest BCUT2D eigenvalue weighted by atomic mass is 32.2. The van der Waals surface area contributed by atoms with Gasteiger partial charge >= 0.3 is 5.97 Å². The summed E-state index contributed by atoms with van der Waals surface area (Å²) in [4.78, 5) is 28.3. The molecule has 1 fully saturated rings. The normalized spacial score (nSPS) is 19.0. The van der Waals surface area contributed by atoms with Crippen LogP contribution in [0.1, 0.15) is 13.3 Å². The number of carboxylic acids is 1. The Morgan fingerprint density at radius 1 is 1.40 bits per heavy atom. The molecule has 2 atom stereocenters. The van der Waals surface area contributed by atoms with Gasteiger partial charge in [-0.05, 0) is 25.6 Å². The van der Waals surface area contributed by atoms with E-state index in [9.17, 15) is 9.59 Å². The van der Waals surface area contributed by atoms with Crippen molar-refractivity contribution in [1.29, 1.82) is 0 Å². The molecule has 1 N–H and O–H groups in total. The van der Waals surface area contributed by atoms with Gasteiger partial charge in [0.1, 0.15) is 0 Å². The van der Waals surface area contributed by atoms with E-state index in [1.165, 1.54) is 0 Å². The summed E-state index contributed by atoms with van der Waals surface area (Å²) in [6.45, 7) is 4.08. The number of amides is 1. The van der Waals surface area contributed by atoms with Gasteiger partial charge in [-0.2, -0.15) is 0 Å². The Labute approximate surface area is 153 Å². The van der Waals surface area contributed by atoms with Crippen LogP contribution in [-0.4, -0.2) is 78.0 Å². The molecule has 1 amide bonds. The zero-order chi connectivity index (χ0) is 18.2. The largest absolute Gasteiger partial charge is 0.480 e. The first-order chi connectivity index (χ1) is 12.0. The molecule has 0 bridgehead atoms. The summed E-state index contributed by atoms with van der Waals surface area (Å²) in [7, 11) is 1.75. The number of carboxylic acid groups (broad SMARTS) is 1. The van der Waals surface area contributed by atoms with E-state index in [1.54, 1.807) is 23.7 Å². The fraction of sp³-hybridized carbons (Fsp3) is 0.556. The summed E-state index contributed by atoms with van der Waals surface area (Å²) >= 11 is 1.59. The van der Waals surface area contributed by atoms with Gasteiger partial charge in [-0.25, -0.2) is 0 Å². The molecule has 0 aromatic heterocycles. The molecule has 0 aliphatic carbocycles. The molecular formula is C18H26N2O4S. The average Bonchev–Trinajstić information content (AvgIpc) is 2.59. The number of hydrogen-bond donors (Lipinski definition) is 1. The highest BCUT2D eigenvalue weighted by Crippen LogP contribution is 2.27. The monoisotopic (exact) mass is 366 g/mol. The topological polar surface area (TPSA) is 70.1 Å². The number of morpholine rings is 1. The third-order valence-electron chi connectivity index (χ3n) is 4.04. The van der Waals surface area contributed by atoms with E-state index >= 15 is 0 Å². The molecule has 1 heterocycles. The van der Waals surface area contributed by atoms with Crippen molar-refractivity contribution in [3.8, 4) is 0 Å². The van der Waals surface area contributed by atoms with Gasteiger partial charge in [-0.1, -0.05) is 25.1 Å². The molecule has 2 unspecified atom stereocenters. The molecule has 6 nitrogen and oxygen atoms in total. The second-order valence-electron chi connectivity index (χ2n) is 6.20. The summed E-state index contributed by atoms with van der Waals surface area (Å²) in [5.74, 6) is -0.734. The molecular weight excluding hydrogens is 340 g/mol. The minimum Gasteiger partial charge on any atom is -0.480 e. The fourth-order valence-corrected chi connectivity index (χ4v) is 3.91. The highest BCUT2D eigenvalue weighted by molar-refractivity contribution is 8.00. The van der Waals surface area contributed by atoms with Crippen molar-refractivity contribution in [1.82, 2.24) is 9.80 Å². The van der Waals surface area contributed by atoms with E-state index in [1.807, 2.05) is 42.2 Å². The summed E-state index contributed by atoms with van der Waals surface area (Å²) in [6.07, 6.45) is 0.612. The Kier molecular flexibility index (Phi) is 7.74. The minimum atomic E-state index is -0.864. The van der Waals surface area contributed by atoms with E-state index in [0.717, 1.165) is 11.3 Å². The average molecular weight is 366 g/mol. The van der Waals surface area contributed by atoms with Crippen LogP contribution < -0.4 is 0 Å². The van der Waals surface area contributed by atoms with Crippen LogP contribution in [0.3, 0.4) is 0 Å². The van der Waals surface area contributed by atoms with E-state index in [4.69, 9.17) is 9.84 Å². The van der Waals surface area contributed by atoms with Gasteiger partial charge < -0.3 is 14.7 Å². The lowest BCUT2D eigenvalue weighted by Gasteiger charge is -2.36. The van der Waals surface area contributed by atoms with Crippen molar-refractivity contribution < 1.29 is 19.4 Å². The molecule has 1 aliphatic rings. The zero-order valence-corrected chi connectivity index (χ0v) is 15.6. The van der Waals surface area contributed by atoms with Crippen molar-refractivity contribution in [2.24, 2.45) is 0 Å². The van der Waals surface area contributed by atoms with Crippen molar-refractivity contribution in [2.75, 3.05) is 39.8 Å². The van der Waals surface area contributed by atoms with Crippen molar-refractivity contribution in [3.63, 3.8) is 0 Å². The molecule has 0 spiro atoms. The first-order valence-electron chi connectivity index (χ1n) is 8.52. The maximum Gasteiger partial charge on any atom is 0.317 e. The molecule has 0 saturated carbocycles. The van der Waals surface area contributed by atoms with Gasteiger partial charge in [-0.3, -0.25) is 14.5 Å². The molecule has 1 aromatic rings. The predicted octanol–water partition coefficient (Wildman–Crippen LogP) is 1.80. The Morgan fingerprint density at radius 2 is 2.12 bits per heavy atom. The number of likely N-dealkylation sites (N-methyl/N-ethyl adjacent to an activating group) is 1. The van der Waals surface area contributed by atoms with Crippen molar-refractivity contribution in [2.45, 2.75) is 29.6 Å². The quantitative estimate of drug-likeness (QED) is 0.708. The zero-order valence-electron chi connectivity index (χ0n) is 14.8. The van der Waals surface area contributed by atoms with Crippen molar-refractivity contribution >= 4 is 23.6 Å². The number of nitrogens with zero attached hydrogens (tertiary/aromatic N) is 2. The molecule has 7 heteroatoms. The van der Waals surface area contributed by atoms with Crippen LogP contribution >= 0.6 is 11.8 Å². The number of thioether (sulfide) groups is 1. The summed E-state index contributed by atoms with van der Waals surface area (Å²) in [5.41, 5.74) is 0.